The first-order chi connectivity index (χ1) is 7.98. The molecule has 0 saturated carbocycles. The molecule has 0 heterocycles. The average Bonchev–Trinajstić information content (AvgIpc) is 2.06. The maximum absolute atomic E-state index is 10.8. The van der Waals surface area contributed by atoms with Crippen LogP contribution in [0.2, 0.25) is 0 Å². The number of aryl methyl sites for hydroxylation is 1. The van der Waals surface area contributed by atoms with E-state index >= 15 is 0 Å². The maximum Gasteiger partial charge on any atom is 0.269 e. The van der Waals surface area contributed by atoms with E-state index < -0.39 is 37.5 Å². The molecule has 0 bridgehead atoms. The molecule has 9 heteroatoms. The van der Waals surface area contributed by atoms with Crippen LogP contribution in [0.4, 0.5) is 0 Å². The average molecular weight is 296 g/mol. The van der Waals surface area contributed by atoms with Crippen LogP contribution in [0.1, 0.15) is 16.7 Å². The summed E-state index contributed by atoms with van der Waals surface area (Å²) >= 11 is 0. The van der Waals surface area contributed by atoms with E-state index in [0.29, 0.717) is 5.56 Å². The van der Waals surface area contributed by atoms with Gasteiger partial charge in [0.05, 0.1) is 0 Å². The highest BCUT2D eigenvalue weighted by Gasteiger charge is 2.19. The van der Waals surface area contributed by atoms with Crippen LogP contribution in [-0.2, 0) is 31.7 Å². The molecule has 0 spiro atoms. The van der Waals surface area contributed by atoms with Gasteiger partial charge in [-0.15, -0.1) is 0 Å². The molecule has 0 fully saturated rings. The molecule has 0 radical (unpaired) electrons. The largest absolute Gasteiger partial charge is 0.508 e. The molecule has 0 saturated heterocycles. The molecule has 7 nitrogen and oxygen atoms in total. The van der Waals surface area contributed by atoms with Gasteiger partial charge in [-0.05, 0) is 24.1 Å². The number of phenols is 1. The van der Waals surface area contributed by atoms with Gasteiger partial charge in [-0.25, -0.2) is 0 Å². The van der Waals surface area contributed by atoms with Crippen LogP contribution in [-0.4, -0.2) is 31.0 Å². The fourth-order valence-corrected chi connectivity index (χ4v) is 2.89. The minimum atomic E-state index is -4.43. The van der Waals surface area contributed by atoms with Gasteiger partial charge in [0.15, 0.2) is 0 Å². The first-order valence-corrected chi connectivity index (χ1v) is 7.91. The summed E-state index contributed by atoms with van der Waals surface area (Å²) in [6, 6.07) is 2.54. The van der Waals surface area contributed by atoms with Gasteiger partial charge in [0.25, 0.3) is 20.2 Å². The Labute approximate surface area is 105 Å². The second kappa shape index (κ2) is 4.84. The van der Waals surface area contributed by atoms with E-state index in [4.69, 9.17) is 9.11 Å². The summed E-state index contributed by atoms with van der Waals surface area (Å²) in [5, 5.41) is 9.58. The lowest BCUT2D eigenvalue weighted by molar-refractivity contribution is 0.459. The van der Waals surface area contributed by atoms with Crippen molar-refractivity contribution in [3.8, 4) is 5.75 Å². The highest BCUT2D eigenvalue weighted by atomic mass is 32.2. The number of phenolic OH excluding ortho intramolecular Hbond substituents is 1. The molecule has 0 atom stereocenters. The van der Waals surface area contributed by atoms with E-state index in [1.807, 2.05) is 0 Å². The van der Waals surface area contributed by atoms with Crippen LogP contribution >= 0.6 is 0 Å². The van der Waals surface area contributed by atoms with Crippen LogP contribution in [0, 0.1) is 6.92 Å². The standard InChI is InChI=1S/C9H12O7S2/c1-6-2-7(4-17(11,12)13)8(9(10)3-6)5-18(14,15)16/h2-3,10H,4-5H2,1H3,(H,11,12,13)(H,14,15,16). The fourth-order valence-electron chi connectivity index (χ4n) is 1.55. The van der Waals surface area contributed by atoms with Gasteiger partial charge in [0, 0.05) is 5.56 Å². The molecule has 3 N–H and O–H groups in total. The third kappa shape index (κ3) is 4.61. The first-order valence-electron chi connectivity index (χ1n) is 4.69. The summed E-state index contributed by atoms with van der Waals surface area (Å²) in [4.78, 5) is 0. The lowest BCUT2D eigenvalue weighted by atomic mass is 10.1. The Morgan fingerprint density at radius 3 is 1.94 bits per heavy atom. The van der Waals surface area contributed by atoms with Crippen molar-refractivity contribution in [1.29, 1.82) is 0 Å². The van der Waals surface area contributed by atoms with E-state index in [9.17, 15) is 21.9 Å². The third-order valence-corrected chi connectivity index (χ3v) is 3.46. The van der Waals surface area contributed by atoms with Crippen molar-refractivity contribution in [3.63, 3.8) is 0 Å². The van der Waals surface area contributed by atoms with E-state index in [2.05, 4.69) is 0 Å². The Bertz CT molecular complexity index is 658. The molecule has 102 valence electrons. The second-order valence-electron chi connectivity index (χ2n) is 3.87. The number of benzene rings is 1. The van der Waals surface area contributed by atoms with Gasteiger partial charge in [-0.1, -0.05) is 6.07 Å². The predicted molar refractivity (Wildman–Crippen MR) is 63.3 cm³/mol. The molecular weight excluding hydrogens is 284 g/mol. The van der Waals surface area contributed by atoms with E-state index in [0.717, 1.165) is 0 Å². The van der Waals surface area contributed by atoms with Gasteiger partial charge in [0.1, 0.15) is 17.3 Å². The van der Waals surface area contributed by atoms with Crippen molar-refractivity contribution >= 4 is 20.2 Å². The van der Waals surface area contributed by atoms with Gasteiger partial charge in [-0.3, -0.25) is 9.11 Å². The lowest BCUT2D eigenvalue weighted by Crippen LogP contribution is -2.09. The minimum absolute atomic E-state index is 0.0763. The van der Waals surface area contributed by atoms with Crippen molar-refractivity contribution in [1.82, 2.24) is 0 Å². The molecule has 0 aliphatic rings. The zero-order valence-electron chi connectivity index (χ0n) is 9.36. The number of hydrogen-bond acceptors (Lipinski definition) is 5. The summed E-state index contributed by atoms with van der Waals surface area (Å²) in [7, 11) is -8.80. The Morgan fingerprint density at radius 1 is 1.00 bits per heavy atom. The summed E-state index contributed by atoms with van der Waals surface area (Å²) in [5.74, 6) is -2.22. The van der Waals surface area contributed by atoms with Crippen molar-refractivity contribution in [2.45, 2.75) is 18.4 Å². The highest BCUT2D eigenvalue weighted by molar-refractivity contribution is 7.85. The topological polar surface area (TPSA) is 129 Å². The molecule has 1 aromatic rings. The van der Waals surface area contributed by atoms with Crippen molar-refractivity contribution in [2.75, 3.05) is 0 Å². The van der Waals surface area contributed by atoms with Crippen molar-refractivity contribution < 1.29 is 31.0 Å². The normalized spacial score (nSPS) is 12.6. The number of aromatic hydroxyl groups is 1. The number of hydrogen-bond donors (Lipinski definition) is 3. The summed E-state index contributed by atoms with van der Waals surface area (Å²) < 4.78 is 60.7. The van der Waals surface area contributed by atoms with E-state index in [-0.39, 0.29) is 11.1 Å². The van der Waals surface area contributed by atoms with Crippen LogP contribution < -0.4 is 0 Å². The summed E-state index contributed by atoms with van der Waals surface area (Å²) in [5.41, 5.74) is 0.165. The fraction of sp³-hybridized carbons (Fsp3) is 0.333. The molecule has 0 amide bonds. The van der Waals surface area contributed by atoms with Crippen molar-refractivity contribution in [3.05, 3.63) is 28.8 Å². The monoisotopic (exact) mass is 296 g/mol. The van der Waals surface area contributed by atoms with Crippen LogP contribution in [0.5, 0.6) is 5.75 Å². The zero-order chi connectivity index (χ0) is 14.1. The number of rotatable bonds is 4. The van der Waals surface area contributed by atoms with E-state index in [1.165, 1.54) is 12.1 Å². The maximum atomic E-state index is 10.8. The zero-order valence-corrected chi connectivity index (χ0v) is 11.0. The quantitative estimate of drug-likeness (QED) is 0.689. The minimum Gasteiger partial charge on any atom is -0.508 e. The Morgan fingerprint density at radius 2 is 1.50 bits per heavy atom. The lowest BCUT2D eigenvalue weighted by Gasteiger charge is -2.10. The predicted octanol–water partition coefficient (Wildman–Crippen LogP) is 0.476. The third-order valence-electron chi connectivity index (χ3n) is 2.13. The van der Waals surface area contributed by atoms with Crippen molar-refractivity contribution in [2.24, 2.45) is 0 Å². The van der Waals surface area contributed by atoms with E-state index in [1.54, 1.807) is 6.92 Å². The van der Waals surface area contributed by atoms with Crippen LogP contribution in [0.3, 0.4) is 0 Å². The van der Waals surface area contributed by atoms with Crippen LogP contribution in [0.15, 0.2) is 12.1 Å². The molecule has 0 unspecified atom stereocenters. The molecular formula is C9H12O7S2. The van der Waals surface area contributed by atoms with Gasteiger partial charge < -0.3 is 5.11 Å². The second-order valence-corrected chi connectivity index (χ2v) is 6.78. The van der Waals surface area contributed by atoms with Gasteiger partial charge in [-0.2, -0.15) is 16.8 Å². The summed E-state index contributed by atoms with van der Waals surface area (Å²) in [6.45, 7) is 1.56. The molecule has 0 aliphatic heterocycles. The van der Waals surface area contributed by atoms with Gasteiger partial charge >= 0.3 is 0 Å². The molecule has 0 aromatic heterocycles. The Hall–Kier alpha value is -1.16. The summed E-state index contributed by atoms with van der Waals surface area (Å²) in [6.07, 6.45) is 0. The smallest absolute Gasteiger partial charge is 0.269 e. The highest BCUT2D eigenvalue weighted by Crippen LogP contribution is 2.26. The van der Waals surface area contributed by atoms with Crippen LogP contribution in [0.25, 0.3) is 0 Å². The Kier molecular flexibility index (Phi) is 4.01. The SMILES string of the molecule is Cc1cc(O)c(CS(=O)(=O)O)c(CS(=O)(=O)O)c1. The molecule has 18 heavy (non-hydrogen) atoms. The molecule has 1 rings (SSSR count). The first kappa shape index (κ1) is 14.9. The Balaban J connectivity index is 3.39. The molecule has 0 aliphatic carbocycles. The van der Waals surface area contributed by atoms with Gasteiger partial charge in [0.2, 0.25) is 0 Å². The molecule has 1 aromatic carbocycles.